The van der Waals surface area contributed by atoms with Crippen molar-refractivity contribution in [1.29, 1.82) is 0 Å². The van der Waals surface area contributed by atoms with Crippen molar-refractivity contribution in [1.82, 2.24) is 14.6 Å². The van der Waals surface area contributed by atoms with Crippen LogP contribution in [0, 0.1) is 0 Å². The van der Waals surface area contributed by atoms with E-state index in [0.29, 0.717) is 0 Å². The van der Waals surface area contributed by atoms with E-state index in [4.69, 9.17) is 4.74 Å². The van der Waals surface area contributed by atoms with E-state index in [1.54, 1.807) is 12.3 Å². The number of nitrogens with one attached hydrogen (secondary N) is 1. The molecule has 1 aliphatic rings. The van der Waals surface area contributed by atoms with E-state index in [0.717, 1.165) is 30.9 Å². The molecule has 0 aromatic carbocycles. The summed E-state index contributed by atoms with van der Waals surface area (Å²) in [5.41, 5.74) is 0.705. The summed E-state index contributed by atoms with van der Waals surface area (Å²) in [6.45, 7) is 0.791. The van der Waals surface area contributed by atoms with Crippen LogP contribution in [0.4, 0.5) is 0 Å². The molecule has 3 rings (SSSR count). The van der Waals surface area contributed by atoms with Gasteiger partial charge in [0.1, 0.15) is 11.8 Å². The molecule has 84 valence electrons. The van der Waals surface area contributed by atoms with Gasteiger partial charge in [0, 0.05) is 24.9 Å². The first-order valence-corrected chi connectivity index (χ1v) is 5.53. The summed E-state index contributed by atoms with van der Waals surface area (Å²) in [4.78, 5) is 11.2. The second kappa shape index (κ2) is 3.75. The summed E-state index contributed by atoms with van der Waals surface area (Å²) in [5, 5.41) is 7.09. The smallest absolute Gasteiger partial charge is 0.183 e. The van der Waals surface area contributed by atoms with E-state index in [9.17, 15) is 4.79 Å². The van der Waals surface area contributed by atoms with Gasteiger partial charge in [-0.1, -0.05) is 0 Å². The normalized spacial score (nSPS) is 21.4. The maximum atomic E-state index is 11.2. The predicted molar refractivity (Wildman–Crippen MR) is 58.4 cm³/mol. The van der Waals surface area contributed by atoms with Gasteiger partial charge in [-0.15, -0.1) is 0 Å². The van der Waals surface area contributed by atoms with Gasteiger partial charge in [0.15, 0.2) is 11.3 Å². The SMILES string of the molecule is O=c1ccn2c(C3CCCCO3)n[nH]c2c1. The molecule has 1 fully saturated rings. The molecule has 2 aromatic heterocycles. The average Bonchev–Trinajstić information content (AvgIpc) is 2.73. The second-order valence-electron chi connectivity index (χ2n) is 4.05. The van der Waals surface area contributed by atoms with Crippen molar-refractivity contribution in [3.05, 3.63) is 34.4 Å². The van der Waals surface area contributed by atoms with Gasteiger partial charge >= 0.3 is 0 Å². The van der Waals surface area contributed by atoms with Crippen LogP contribution in [0.3, 0.4) is 0 Å². The summed E-state index contributed by atoms with van der Waals surface area (Å²) < 4.78 is 7.57. The minimum Gasteiger partial charge on any atom is -0.370 e. The highest BCUT2D eigenvalue weighted by atomic mass is 16.5. The molecule has 0 spiro atoms. The predicted octanol–water partition coefficient (Wildman–Crippen LogP) is 1.26. The Balaban J connectivity index is 2.06. The Morgan fingerprint density at radius 3 is 3.25 bits per heavy atom. The number of pyridine rings is 1. The first-order chi connectivity index (χ1) is 7.84. The minimum absolute atomic E-state index is 0.0141. The van der Waals surface area contributed by atoms with Crippen LogP contribution in [-0.4, -0.2) is 21.2 Å². The van der Waals surface area contributed by atoms with Gasteiger partial charge in [0.05, 0.1) is 0 Å². The Bertz CT molecular complexity index is 552. The number of ether oxygens (including phenoxy) is 1. The lowest BCUT2D eigenvalue weighted by Crippen LogP contribution is -2.14. The summed E-state index contributed by atoms with van der Waals surface area (Å²) >= 11 is 0. The Morgan fingerprint density at radius 1 is 1.50 bits per heavy atom. The number of nitrogens with zero attached hydrogens (tertiary/aromatic N) is 2. The number of fused-ring (bicyclic) bond motifs is 1. The largest absolute Gasteiger partial charge is 0.370 e. The van der Waals surface area contributed by atoms with Crippen LogP contribution < -0.4 is 5.43 Å². The average molecular weight is 219 g/mol. The molecule has 1 N–H and O–H groups in total. The van der Waals surface area contributed by atoms with Gasteiger partial charge < -0.3 is 4.74 Å². The fourth-order valence-corrected chi connectivity index (χ4v) is 2.11. The molecule has 5 heteroatoms. The standard InChI is InChI=1S/C11H13N3O2/c15-8-4-5-14-10(7-8)12-13-11(14)9-3-1-2-6-16-9/h4-5,7,9,12H,1-3,6H2. The van der Waals surface area contributed by atoms with Crippen molar-refractivity contribution < 1.29 is 4.74 Å². The van der Waals surface area contributed by atoms with E-state index in [1.807, 2.05) is 4.40 Å². The highest BCUT2D eigenvalue weighted by molar-refractivity contribution is 5.37. The molecule has 3 heterocycles. The third-order valence-corrected chi connectivity index (χ3v) is 2.93. The second-order valence-corrected chi connectivity index (χ2v) is 4.05. The highest BCUT2D eigenvalue weighted by Gasteiger charge is 2.20. The summed E-state index contributed by atoms with van der Waals surface area (Å²) in [6.07, 6.45) is 5.07. The highest BCUT2D eigenvalue weighted by Crippen LogP contribution is 2.26. The molecule has 1 saturated heterocycles. The molecular formula is C11H13N3O2. The number of H-pyrrole nitrogens is 1. The van der Waals surface area contributed by atoms with Crippen LogP contribution in [0.15, 0.2) is 23.1 Å². The van der Waals surface area contributed by atoms with Gasteiger partial charge in [-0.3, -0.25) is 14.3 Å². The maximum absolute atomic E-state index is 11.2. The summed E-state index contributed by atoms with van der Waals surface area (Å²) in [6, 6.07) is 3.08. The zero-order chi connectivity index (χ0) is 11.0. The molecule has 1 atom stereocenters. The van der Waals surface area contributed by atoms with Crippen molar-refractivity contribution in [2.24, 2.45) is 0 Å². The van der Waals surface area contributed by atoms with Crippen LogP contribution in [0.5, 0.6) is 0 Å². The van der Waals surface area contributed by atoms with Crippen molar-refractivity contribution in [3.63, 3.8) is 0 Å². The molecule has 0 aliphatic carbocycles. The van der Waals surface area contributed by atoms with Crippen LogP contribution in [0.1, 0.15) is 31.2 Å². The third-order valence-electron chi connectivity index (χ3n) is 2.93. The Labute approximate surface area is 92.1 Å². The number of hydrogen-bond donors (Lipinski definition) is 1. The minimum atomic E-state index is -0.0141. The molecule has 0 bridgehead atoms. The van der Waals surface area contributed by atoms with Gasteiger partial charge in [0.25, 0.3) is 0 Å². The van der Waals surface area contributed by atoms with E-state index >= 15 is 0 Å². The molecule has 1 unspecified atom stereocenters. The molecular weight excluding hydrogens is 206 g/mol. The van der Waals surface area contributed by atoms with Crippen molar-refractivity contribution >= 4 is 5.65 Å². The van der Waals surface area contributed by atoms with Gasteiger partial charge in [-0.25, -0.2) is 0 Å². The lowest BCUT2D eigenvalue weighted by molar-refractivity contribution is 0.00885. The van der Waals surface area contributed by atoms with Crippen LogP contribution in [0.2, 0.25) is 0 Å². The van der Waals surface area contributed by atoms with E-state index in [-0.39, 0.29) is 11.5 Å². The Kier molecular flexibility index (Phi) is 2.25. The lowest BCUT2D eigenvalue weighted by atomic mass is 10.1. The zero-order valence-electron chi connectivity index (χ0n) is 8.85. The number of aromatic nitrogens is 3. The van der Waals surface area contributed by atoms with Crippen LogP contribution >= 0.6 is 0 Å². The van der Waals surface area contributed by atoms with E-state index in [1.165, 1.54) is 12.5 Å². The van der Waals surface area contributed by atoms with Crippen molar-refractivity contribution in [3.8, 4) is 0 Å². The molecule has 0 saturated carbocycles. The molecule has 0 amide bonds. The summed E-state index contributed by atoms with van der Waals surface area (Å²) in [7, 11) is 0. The van der Waals surface area contributed by atoms with Gasteiger partial charge in [0.2, 0.25) is 0 Å². The Hall–Kier alpha value is -1.62. The van der Waals surface area contributed by atoms with E-state index < -0.39 is 0 Å². The number of aromatic amines is 1. The fraction of sp³-hybridized carbons (Fsp3) is 0.455. The molecule has 1 aliphatic heterocycles. The third kappa shape index (κ3) is 1.53. The molecule has 16 heavy (non-hydrogen) atoms. The number of rotatable bonds is 1. The number of hydrogen-bond acceptors (Lipinski definition) is 3. The lowest BCUT2D eigenvalue weighted by Gasteiger charge is -2.20. The Morgan fingerprint density at radius 2 is 2.44 bits per heavy atom. The molecule has 5 nitrogen and oxygen atoms in total. The van der Waals surface area contributed by atoms with Crippen molar-refractivity contribution in [2.75, 3.05) is 6.61 Å². The molecule has 2 aromatic rings. The van der Waals surface area contributed by atoms with Crippen LogP contribution in [0.25, 0.3) is 5.65 Å². The quantitative estimate of drug-likeness (QED) is 0.785. The maximum Gasteiger partial charge on any atom is 0.183 e. The van der Waals surface area contributed by atoms with E-state index in [2.05, 4.69) is 10.2 Å². The zero-order valence-corrected chi connectivity index (χ0v) is 8.85. The summed E-state index contributed by atoms with van der Waals surface area (Å²) in [5.74, 6) is 0.856. The van der Waals surface area contributed by atoms with Crippen LogP contribution in [-0.2, 0) is 4.74 Å². The monoisotopic (exact) mass is 219 g/mol. The van der Waals surface area contributed by atoms with Crippen molar-refractivity contribution in [2.45, 2.75) is 25.4 Å². The molecule has 0 radical (unpaired) electrons. The first kappa shape index (κ1) is 9.59. The van der Waals surface area contributed by atoms with Gasteiger partial charge in [-0.05, 0) is 19.3 Å². The fourth-order valence-electron chi connectivity index (χ4n) is 2.11. The first-order valence-electron chi connectivity index (χ1n) is 5.53. The topological polar surface area (TPSA) is 59.4 Å². The van der Waals surface area contributed by atoms with Gasteiger partial charge in [-0.2, -0.15) is 5.10 Å².